The van der Waals surface area contributed by atoms with Crippen LogP contribution in [0.25, 0.3) is 0 Å². The molecule has 0 aliphatic rings. The van der Waals surface area contributed by atoms with Crippen molar-refractivity contribution in [3.8, 4) is 5.75 Å². The second kappa shape index (κ2) is 11.6. The molecule has 26 heavy (non-hydrogen) atoms. The molecule has 2 aromatic rings. The highest BCUT2D eigenvalue weighted by atomic mass is 32.2. The molecular formula is C21H27NO3S. The van der Waals surface area contributed by atoms with E-state index in [0.29, 0.717) is 13.0 Å². The third kappa shape index (κ3) is 7.50. The van der Waals surface area contributed by atoms with E-state index in [1.54, 1.807) is 18.9 Å². The maximum absolute atomic E-state index is 12.2. The summed E-state index contributed by atoms with van der Waals surface area (Å²) in [5, 5.41) is 0.226. The van der Waals surface area contributed by atoms with Crippen LogP contribution >= 0.6 is 11.8 Å². The van der Waals surface area contributed by atoms with Gasteiger partial charge in [-0.05, 0) is 36.2 Å². The van der Waals surface area contributed by atoms with Gasteiger partial charge in [0, 0.05) is 16.6 Å². The summed E-state index contributed by atoms with van der Waals surface area (Å²) in [6.07, 6.45) is 3.66. The summed E-state index contributed by atoms with van der Waals surface area (Å²) in [6.45, 7) is 2.54. The average molecular weight is 374 g/mol. The topological polar surface area (TPSA) is 47.6 Å². The summed E-state index contributed by atoms with van der Waals surface area (Å²) in [5.41, 5.74) is 3.60. The van der Waals surface area contributed by atoms with E-state index in [1.165, 1.54) is 0 Å². The highest BCUT2D eigenvalue weighted by Gasteiger charge is 2.15. The minimum absolute atomic E-state index is 0.0805. The van der Waals surface area contributed by atoms with E-state index in [2.05, 4.69) is 12.4 Å². The lowest BCUT2D eigenvalue weighted by Crippen LogP contribution is -2.26. The standard InChI is InChI=1S/C21H27NO3S/c1-3-4-10-20(26-19-13-11-18(24-2)12-14-19)15-21(23)22-25-16-17-8-6-5-7-9-17/h5-9,11-14,20H,3-4,10,15-16H2,1-2H3,(H,22,23). The Labute approximate surface area is 160 Å². The van der Waals surface area contributed by atoms with Gasteiger partial charge in [-0.1, -0.05) is 50.1 Å². The summed E-state index contributed by atoms with van der Waals surface area (Å²) in [4.78, 5) is 18.7. The Hall–Kier alpha value is -1.98. The molecule has 0 aromatic heterocycles. The normalized spacial score (nSPS) is 11.8. The maximum atomic E-state index is 12.2. The molecule has 0 aliphatic carbocycles. The molecule has 0 heterocycles. The first-order chi connectivity index (χ1) is 12.7. The van der Waals surface area contributed by atoms with E-state index in [1.807, 2.05) is 54.6 Å². The van der Waals surface area contributed by atoms with Gasteiger partial charge in [0.1, 0.15) is 5.75 Å². The fraction of sp³-hybridized carbons (Fsp3) is 0.381. The molecule has 1 amide bonds. The second-order valence-corrected chi connectivity index (χ2v) is 7.44. The minimum atomic E-state index is -0.0805. The zero-order chi connectivity index (χ0) is 18.6. The molecule has 2 rings (SSSR count). The number of ether oxygens (including phenoxy) is 1. The number of hydrogen-bond acceptors (Lipinski definition) is 4. The SMILES string of the molecule is CCCCC(CC(=O)NOCc1ccccc1)Sc1ccc(OC)cc1. The van der Waals surface area contributed by atoms with Gasteiger partial charge in [0.15, 0.2) is 0 Å². The molecule has 1 atom stereocenters. The smallest absolute Gasteiger partial charge is 0.244 e. The van der Waals surface area contributed by atoms with E-state index in [-0.39, 0.29) is 11.2 Å². The third-order valence-electron chi connectivity index (χ3n) is 3.92. The molecule has 0 bridgehead atoms. The van der Waals surface area contributed by atoms with Crippen molar-refractivity contribution in [2.45, 2.75) is 49.4 Å². The monoisotopic (exact) mass is 373 g/mol. The van der Waals surface area contributed by atoms with Gasteiger partial charge in [0.2, 0.25) is 5.91 Å². The molecule has 0 aliphatic heterocycles. The number of unbranched alkanes of at least 4 members (excludes halogenated alkanes) is 1. The molecule has 4 nitrogen and oxygen atoms in total. The number of carbonyl (C=O) groups excluding carboxylic acids is 1. The van der Waals surface area contributed by atoms with Crippen LogP contribution in [0.15, 0.2) is 59.5 Å². The summed E-state index contributed by atoms with van der Waals surface area (Å²) in [7, 11) is 1.66. The first-order valence-electron chi connectivity index (χ1n) is 8.96. The number of methoxy groups -OCH3 is 1. The van der Waals surface area contributed by atoms with Crippen molar-refractivity contribution in [3.63, 3.8) is 0 Å². The number of rotatable bonds is 11. The highest BCUT2D eigenvalue weighted by Crippen LogP contribution is 2.30. The fourth-order valence-electron chi connectivity index (χ4n) is 2.50. The first kappa shape index (κ1) is 20.3. The number of hydrogen-bond donors (Lipinski definition) is 1. The average Bonchev–Trinajstić information content (AvgIpc) is 2.67. The number of carbonyl (C=O) groups is 1. The highest BCUT2D eigenvalue weighted by molar-refractivity contribution is 8.00. The van der Waals surface area contributed by atoms with Crippen LogP contribution in [0.2, 0.25) is 0 Å². The van der Waals surface area contributed by atoms with E-state index in [4.69, 9.17) is 9.57 Å². The molecule has 0 fully saturated rings. The van der Waals surface area contributed by atoms with Crippen LogP contribution in [0.3, 0.4) is 0 Å². The van der Waals surface area contributed by atoms with Crippen molar-refractivity contribution >= 4 is 17.7 Å². The Morgan fingerprint density at radius 1 is 1.12 bits per heavy atom. The van der Waals surface area contributed by atoms with Gasteiger partial charge in [0.05, 0.1) is 13.7 Å². The second-order valence-electron chi connectivity index (χ2n) is 6.06. The van der Waals surface area contributed by atoms with Crippen LogP contribution in [0, 0.1) is 0 Å². The molecule has 2 aromatic carbocycles. The Balaban J connectivity index is 1.82. The summed E-state index contributed by atoms with van der Waals surface area (Å²) >= 11 is 1.73. The van der Waals surface area contributed by atoms with Crippen molar-refractivity contribution in [1.82, 2.24) is 5.48 Å². The van der Waals surface area contributed by atoms with Crippen molar-refractivity contribution in [2.75, 3.05) is 7.11 Å². The Morgan fingerprint density at radius 2 is 1.85 bits per heavy atom. The van der Waals surface area contributed by atoms with Gasteiger partial charge < -0.3 is 4.74 Å². The van der Waals surface area contributed by atoms with E-state index >= 15 is 0 Å². The van der Waals surface area contributed by atoms with Crippen molar-refractivity contribution < 1.29 is 14.4 Å². The third-order valence-corrected chi connectivity index (χ3v) is 5.20. The molecule has 0 saturated heterocycles. The minimum Gasteiger partial charge on any atom is -0.497 e. The number of hydroxylamine groups is 1. The van der Waals surface area contributed by atoms with Gasteiger partial charge in [0.25, 0.3) is 0 Å². The molecule has 5 heteroatoms. The van der Waals surface area contributed by atoms with E-state index < -0.39 is 0 Å². The van der Waals surface area contributed by atoms with E-state index in [9.17, 15) is 4.79 Å². The Kier molecular flexibility index (Phi) is 9.07. The largest absolute Gasteiger partial charge is 0.497 e. The molecule has 1 N–H and O–H groups in total. The predicted octanol–water partition coefficient (Wildman–Crippen LogP) is 4.98. The van der Waals surface area contributed by atoms with Crippen LogP contribution in [-0.2, 0) is 16.2 Å². The molecule has 1 unspecified atom stereocenters. The summed E-state index contributed by atoms with van der Waals surface area (Å²) < 4.78 is 5.19. The lowest BCUT2D eigenvalue weighted by Gasteiger charge is -2.16. The number of nitrogens with one attached hydrogen (secondary N) is 1. The summed E-state index contributed by atoms with van der Waals surface area (Å²) in [6, 6.07) is 17.8. The first-order valence-corrected chi connectivity index (χ1v) is 9.84. The number of amides is 1. The molecular weight excluding hydrogens is 346 g/mol. The lowest BCUT2D eigenvalue weighted by atomic mass is 10.1. The molecule has 140 valence electrons. The van der Waals surface area contributed by atoms with E-state index in [0.717, 1.165) is 35.5 Å². The number of thioether (sulfide) groups is 1. The number of benzene rings is 2. The molecule has 0 spiro atoms. The van der Waals surface area contributed by atoms with Crippen LogP contribution in [0.1, 0.15) is 38.2 Å². The van der Waals surface area contributed by atoms with Crippen LogP contribution < -0.4 is 10.2 Å². The van der Waals surface area contributed by atoms with Gasteiger partial charge in [-0.25, -0.2) is 5.48 Å². The molecule has 0 saturated carbocycles. The van der Waals surface area contributed by atoms with Gasteiger partial charge in [-0.3, -0.25) is 9.63 Å². The lowest BCUT2D eigenvalue weighted by molar-refractivity contribution is -0.134. The quantitative estimate of drug-likeness (QED) is 0.445. The van der Waals surface area contributed by atoms with Gasteiger partial charge in [-0.2, -0.15) is 0 Å². The zero-order valence-electron chi connectivity index (χ0n) is 15.4. The fourth-order valence-corrected chi connectivity index (χ4v) is 3.70. The van der Waals surface area contributed by atoms with Crippen LogP contribution in [0.5, 0.6) is 5.75 Å². The Bertz CT molecular complexity index is 646. The summed E-state index contributed by atoms with van der Waals surface area (Å²) in [5.74, 6) is 0.759. The zero-order valence-corrected chi connectivity index (χ0v) is 16.3. The van der Waals surface area contributed by atoms with Crippen LogP contribution in [-0.4, -0.2) is 18.3 Å². The van der Waals surface area contributed by atoms with Gasteiger partial charge in [-0.15, -0.1) is 11.8 Å². The molecule has 0 radical (unpaired) electrons. The maximum Gasteiger partial charge on any atom is 0.244 e. The Morgan fingerprint density at radius 3 is 2.50 bits per heavy atom. The van der Waals surface area contributed by atoms with Crippen molar-refractivity contribution in [2.24, 2.45) is 0 Å². The van der Waals surface area contributed by atoms with Crippen molar-refractivity contribution in [1.29, 1.82) is 0 Å². The predicted molar refractivity (Wildman–Crippen MR) is 106 cm³/mol. The van der Waals surface area contributed by atoms with Crippen molar-refractivity contribution in [3.05, 3.63) is 60.2 Å². The van der Waals surface area contributed by atoms with Crippen LogP contribution in [0.4, 0.5) is 0 Å². The van der Waals surface area contributed by atoms with Gasteiger partial charge >= 0.3 is 0 Å².